The molecule has 2 aromatic rings. The van der Waals surface area contributed by atoms with Crippen molar-refractivity contribution in [2.75, 3.05) is 19.5 Å². The lowest BCUT2D eigenvalue weighted by molar-refractivity contribution is -0.140. The van der Waals surface area contributed by atoms with Crippen LogP contribution in [0.15, 0.2) is 12.9 Å². The van der Waals surface area contributed by atoms with Crippen molar-refractivity contribution in [1.29, 1.82) is 0 Å². The molecule has 7 nitrogen and oxygen atoms in total. The van der Waals surface area contributed by atoms with Crippen molar-refractivity contribution in [2.24, 2.45) is 0 Å². The Morgan fingerprint density at radius 3 is 2.29 bits per heavy atom. The van der Waals surface area contributed by atoms with Crippen LogP contribution < -0.4 is 14.8 Å². The number of nitrogens with one attached hydrogen (secondary N) is 1. The Balaban J connectivity index is 2.38. The first kappa shape index (κ1) is 17.7. The lowest BCUT2D eigenvalue weighted by Gasteiger charge is -2.09. The van der Waals surface area contributed by atoms with E-state index in [1.807, 2.05) is 0 Å². The van der Waals surface area contributed by atoms with E-state index in [1.165, 1.54) is 14.2 Å². The molecule has 0 fully saturated rings. The summed E-state index contributed by atoms with van der Waals surface area (Å²) in [5, 5.41) is 2.00. The van der Waals surface area contributed by atoms with E-state index in [-0.39, 0.29) is 27.3 Å². The van der Waals surface area contributed by atoms with Gasteiger partial charge >= 0.3 is 6.18 Å². The average Bonchev–Trinajstić information content (AvgIpc) is 2.97. The van der Waals surface area contributed by atoms with Crippen LogP contribution in [0.4, 0.5) is 18.3 Å². The Bertz CT molecular complexity index is 754. The topological polar surface area (TPSA) is 86.2 Å². The first-order valence-corrected chi connectivity index (χ1v) is 7.08. The number of ether oxygens (including phenoxy) is 2. The van der Waals surface area contributed by atoms with Crippen LogP contribution in [-0.2, 0) is 6.18 Å². The van der Waals surface area contributed by atoms with Crippen LogP contribution in [0.25, 0.3) is 6.08 Å². The molecular weight excluding hydrogens is 349 g/mol. The Hall–Kier alpha value is -2.69. The van der Waals surface area contributed by atoms with E-state index in [4.69, 9.17) is 9.47 Å². The van der Waals surface area contributed by atoms with Gasteiger partial charge in [-0.25, -0.2) is 15.0 Å². The number of nitrogens with zero attached hydrogens (tertiary/aromatic N) is 3. The van der Waals surface area contributed by atoms with Gasteiger partial charge in [-0.05, 0) is 6.08 Å². The molecule has 0 unspecified atom stereocenters. The summed E-state index contributed by atoms with van der Waals surface area (Å²) in [5.41, 5.74) is -1.28. The predicted octanol–water partition coefficient (Wildman–Crippen LogP) is 2.86. The first-order chi connectivity index (χ1) is 11.3. The Kier molecular flexibility index (Phi) is 5.02. The minimum absolute atomic E-state index is 0.0871. The van der Waals surface area contributed by atoms with Gasteiger partial charge in [0.05, 0.1) is 19.1 Å². The van der Waals surface area contributed by atoms with Crippen LogP contribution in [0.2, 0.25) is 0 Å². The maximum absolute atomic E-state index is 12.9. The van der Waals surface area contributed by atoms with Gasteiger partial charge in [-0.15, -0.1) is 0 Å². The monoisotopic (exact) mass is 360 g/mol. The van der Waals surface area contributed by atoms with Crippen molar-refractivity contribution in [3.63, 3.8) is 0 Å². The molecule has 2 heterocycles. The van der Waals surface area contributed by atoms with E-state index in [9.17, 15) is 18.0 Å². The zero-order valence-corrected chi connectivity index (χ0v) is 13.3. The third-order valence-electron chi connectivity index (χ3n) is 2.72. The number of hydrogen-bond donors (Lipinski definition) is 1. The number of carbonyl (C=O) groups excluding carboxylic acids is 1. The molecule has 0 aliphatic rings. The van der Waals surface area contributed by atoms with Gasteiger partial charge in [0.25, 0.3) is 5.91 Å². The van der Waals surface area contributed by atoms with Gasteiger partial charge in [0, 0.05) is 0 Å². The molecule has 0 saturated carbocycles. The van der Waals surface area contributed by atoms with Gasteiger partial charge in [0.15, 0.2) is 16.4 Å². The van der Waals surface area contributed by atoms with Gasteiger partial charge in [-0.3, -0.25) is 10.1 Å². The van der Waals surface area contributed by atoms with E-state index in [1.54, 1.807) is 0 Å². The van der Waals surface area contributed by atoms with Gasteiger partial charge in [0.1, 0.15) is 6.33 Å². The molecule has 0 aliphatic carbocycles. The first-order valence-electron chi connectivity index (χ1n) is 6.26. The molecule has 0 atom stereocenters. The SMILES string of the molecule is C=Cc1sc(NC(=O)c2c(OC)ncnc2OC)nc1C(F)(F)F. The Morgan fingerprint density at radius 1 is 1.29 bits per heavy atom. The van der Waals surface area contributed by atoms with E-state index in [0.717, 1.165) is 12.4 Å². The van der Waals surface area contributed by atoms with Crippen LogP contribution in [0, 0.1) is 0 Å². The second-order valence-electron chi connectivity index (χ2n) is 4.16. The summed E-state index contributed by atoms with van der Waals surface area (Å²) in [6.07, 6.45) is -2.52. The lowest BCUT2D eigenvalue weighted by Crippen LogP contribution is -2.16. The zero-order chi connectivity index (χ0) is 17.9. The maximum Gasteiger partial charge on any atom is 0.434 e. The molecule has 11 heteroatoms. The number of alkyl halides is 3. The summed E-state index contributed by atoms with van der Waals surface area (Å²) < 4.78 is 48.5. The number of methoxy groups -OCH3 is 2. The molecule has 1 N–H and O–H groups in total. The standard InChI is InChI=1S/C13H11F3N4O3S/c1-4-6-8(13(14,15)16)19-12(24-6)20-9(21)7-10(22-2)17-5-18-11(7)23-3/h4-5H,1H2,2-3H3,(H,19,20,21). The zero-order valence-electron chi connectivity index (χ0n) is 12.5. The summed E-state index contributed by atoms with van der Waals surface area (Å²) in [5.74, 6) is -0.992. The molecule has 1 amide bonds. The summed E-state index contributed by atoms with van der Waals surface area (Å²) >= 11 is 0.633. The minimum atomic E-state index is -4.66. The molecule has 0 spiro atoms. The number of thiazole rings is 1. The normalized spacial score (nSPS) is 11.0. The van der Waals surface area contributed by atoms with Crippen molar-refractivity contribution in [2.45, 2.75) is 6.18 Å². The van der Waals surface area contributed by atoms with E-state index >= 15 is 0 Å². The predicted molar refractivity (Wildman–Crippen MR) is 80.3 cm³/mol. The second kappa shape index (κ2) is 6.83. The number of hydrogen-bond acceptors (Lipinski definition) is 7. The van der Waals surface area contributed by atoms with Crippen LogP contribution in [0.1, 0.15) is 20.9 Å². The average molecular weight is 360 g/mol. The van der Waals surface area contributed by atoms with Crippen molar-refractivity contribution in [3.05, 3.63) is 29.0 Å². The fourth-order valence-electron chi connectivity index (χ4n) is 1.74. The third-order valence-corrected chi connectivity index (χ3v) is 3.69. The summed E-state index contributed by atoms with van der Waals surface area (Å²) in [6.45, 7) is 3.31. The quantitative estimate of drug-likeness (QED) is 0.882. The van der Waals surface area contributed by atoms with Crippen molar-refractivity contribution >= 4 is 28.5 Å². The highest BCUT2D eigenvalue weighted by Gasteiger charge is 2.37. The highest BCUT2D eigenvalue weighted by Crippen LogP contribution is 2.37. The molecular formula is C13H11F3N4O3S. The van der Waals surface area contributed by atoms with Gasteiger partial charge in [0.2, 0.25) is 11.8 Å². The molecule has 24 heavy (non-hydrogen) atoms. The molecule has 0 aromatic carbocycles. The minimum Gasteiger partial charge on any atom is -0.480 e. The van der Waals surface area contributed by atoms with Crippen LogP contribution in [-0.4, -0.2) is 35.1 Å². The molecule has 0 radical (unpaired) electrons. The summed E-state index contributed by atoms with van der Waals surface area (Å²) in [7, 11) is 2.55. The van der Waals surface area contributed by atoms with E-state index in [2.05, 4.69) is 26.8 Å². The number of anilines is 1. The number of carbonyl (C=O) groups is 1. The number of halogens is 3. The number of rotatable bonds is 5. The highest BCUT2D eigenvalue weighted by molar-refractivity contribution is 7.16. The van der Waals surface area contributed by atoms with Gasteiger partial charge in [-0.1, -0.05) is 17.9 Å². The van der Waals surface area contributed by atoms with Crippen molar-refractivity contribution in [1.82, 2.24) is 15.0 Å². The molecule has 0 bridgehead atoms. The largest absolute Gasteiger partial charge is 0.480 e. The van der Waals surface area contributed by atoms with Crippen LogP contribution in [0.5, 0.6) is 11.8 Å². The molecule has 0 saturated heterocycles. The van der Waals surface area contributed by atoms with Gasteiger partial charge < -0.3 is 9.47 Å². The maximum atomic E-state index is 12.9. The van der Waals surface area contributed by atoms with Gasteiger partial charge in [-0.2, -0.15) is 13.2 Å². The lowest BCUT2D eigenvalue weighted by atomic mass is 10.3. The molecule has 2 rings (SSSR count). The van der Waals surface area contributed by atoms with Crippen LogP contribution >= 0.6 is 11.3 Å². The number of aromatic nitrogens is 3. The number of amides is 1. The second-order valence-corrected chi connectivity index (χ2v) is 5.19. The smallest absolute Gasteiger partial charge is 0.434 e. The molecule has 2 aromatic heterocycles. The van der Waals surface area contributed by atoms with Crippen LogP contribution in [0.3, 0.4) is 0 Å². The fraction of sp³-hybridized carbons (Fsp3) is 0.231. The van der Waals surface area contributed by atoms with Crippen molar-refractivity contribution in [3.8, 4) is 11.8 Å². The Morgan fingerprint density at radius 2 is 1.88 bits per heavy atom. The Labute approximate surface area is 138 Å². The highest BCUT2D eigenvalue weighted by atomic mass is 32.1. The third kappa shape index (κ3) is 3.45. The van der Waals surface area contributed by atoms with Crippen molar-refractivity contribution < 1.29 is 27.4 Å². The summed E-state index contributed by atoms with van der Waals surface area (Å²) in [4.78, 5) is 23.0. The summed E-state index contributed by atoms with van der Waals surface area (Å²) in [6, 6.07) is 0. The molecule has 0 aliphatic heterocycles. The fourth-order valence-corrected chi connectivity index (χ4v) is 2.57. The van der Waals surface area contributed by atoms with E-state index < -0.39 is 17.8 Å². The molecule has 128 valence electrons. The van der Waals surface area contributed by atoms with E-state index in [0.29, 0.717) is 11.3 Å².